The number of aromatic hydroxyl groups is 1. The van der Waals surface area contributed by atoms with E-state index in [2.05, 4.69) is 66.8 Å². The minimum absolute atomic E-state index is 0.202. The van der Waals surface area contributed by atoms with Gasteiger partial charge < -0.3 is 10.2 Å². The maximum Gasteiger partial charge on any atom is 0.116 e. The van der Waals surface area contributed by atoms with E-state index in [4.69, 9.17) is 0 Å². The third-order valence-electron chi connectivity index (χ3n) is 8.92. The van der Waals surface area contributed by atoms with Crippen molar-refractivity contribution in [1.82, 2.24) is 0 Å². The molecule has 7 rings (SSSR count). The molecule has 0 aliphatic heterocycles. The van der Waals surface area contributed by atoms with Gasteiger partial charge in [-0.15, -0.1) is 0 Å². The van der Waals surface area contributed by atoms with Crippen molar-refractivity contribution < 1.29 is 10.2 Å². The second kappa shape index (κ2) is 7.75. The third-order valence-corrected chi connectivity index (χ3v) is 8.92. The van der Waals surface area contributed by atoms with Crippen LogP contribution < -0.4 is 0 Å². The molecule has 35 heavy (non-hydrogen) atoms. The van der Waals surface area contributed by atoms with Crippen molar-refractivity contribution in [3.05, 3.63) is 125 Å². The Balaban J connectivity index is 1.49. The minimum atomic E-state index is -0.202. The Morgan fingerprint density at radius 1 is 0.771 bits per heavy atom. The second-order valence-corrected chi connectivity index (χ2v) is 10.7. The van der Waals surface area contributed by atoms with Crippen LogP contribution in [0.25, 0.3) is 10.8 Å². The molecule has 2 nitrogen and oxygen atoms in total. The number of allylic oxidation sites excluding steroid dienone is 13. The smallest absolute Gasteiger partial charge is 0.116 e. The quantitative estimate of drug-likeness (QED) is 0.451. The van der Waals surface area contributed by atoms with Gasteiger partial charge in [0.05, 0.1) is 0 Å². The number of phenols is 1. The summed E-state index contributed by atoms with van der Waals surface area (Å²) in [5, 5.41) is 22.3. The van der Waals surface area contributed by atoms with Gasteiger partial charge in [0.25, 0.3) is 0 Å². The SMILES string of the molecule is OC1=CC2C=CC(C3(c4ccc5cc(O)ccc5c4)C4=C(CCC=C4)C4C=CCCC43)=CC2C=C1. The monoisotopic (exact) mass is 458 g/mol. The van der Waals surface area contributed by atoms with Gasteiger partial charge in [0.2, 0.25) is 0 Å². The Kier molecular flexibility index (Phi) is 4.61. The Morgan fingerprint density at radius 2 is 1.60 bits per heavy atom. The summed E-state index contributed by atoms with van der Waals surface area (Å²) >= 11 is 0. The van der Waals surface area contributed by atoms with Gasteiger partial charge in [-0.05, 0) is 89.4 Å². The first-order valence-electron chi connectivity index (χ1n) is 12.9. The summed E-state index contributed by atoms with van der Waals surface area (Å²) in [7, 11) is 0. The fourth-order valence-corrected chi connectivity index (χ4v) is 7.47. The lowest BCUT2D eigenvalue weighted by atomic mass is 9.58. The highest BCUT2D eigenvalue weighted by Crippen LogP contribution is 2.62. The maximum absolute atomic E-state index is 10.1. The molecule has 2 N–H and O–H groups in total. The van der Waals surface area contributed by atoms with Crippen molar-refractivity contribution >= 4 is 10.8 Å². The van der Waals surface area contributed by atoms with Crippen LogP contribution in [0.2, 0.25) is 0 Å². The van der Waals surface area contributed by atoms with Crippen LogP contribution >= 0.6 is 0 Å². The van der Waals surface area contributed by atoms with Crippen LogP contribution in [0.5, 0.6) is 5.75 Å². The fraction of sp³-hybridized carbons (Fsp3) is 0.273. The predicted molar refractivity (Wildman–Crippen MR) is 142 cm³/mol. The summed E-state index contributed by atoms with van der Waals surface area (Å²) < 4.78 is 0. The van der Waals surface area contributed by atoms with Gasteiger partial charge in [-0.3, -0.25) is 0 Å². The Morgan fingerprint density at radius 3 is 2.54 bits per heavy atom. The van der Waals surface area contributed by atoms with Crippen molar-refractivity contribution in [2.24, 2.45) is 23.7 Å². The molecule has 0 saturated carbocycles. The molecule has 5 atom stereocenters. The van der Waals surface area contributed by atoms with Crippen molar-refractivity contribution in [1.29, 1.82) is 0 Å². The van der Waals surface area contributed by atoms with E-state index < -0.39 is 0 Å². The number of rotatable bonds is 2. The van der Waals surface area contributed by atoms with Crippen LogP contribution in [0.3, 0.4) is 0 Å². The molecule has 5 aliphatic rings. The third kappa shape index (κ3) is 3.02. The molecule has 5 unspecified atom stereocenters. The lowest BCUT2D eigenvalue weighted by Gasteiger charge is -2.44. The number of hydrogen-bond acceptors (Lipinski definition) is 2. The summed E-state index contributed by atoms with van der Waals surface area (Å²) in [5.41, 5.74) is 5.65. The average molecular weight is 459 g/mol. The number of hydrogen-bond donors (Lipinski definition) is 2. The molecule has 0 spiro atoms. The number of benzene rings is 2. The van der Waals surface area contributed by atoms with Crippen LogP contribution in [0, 0.1) is 23.7 Å². The molecule has 174 valence electrons. The summed E-state index contributed by atoms with van der Waals surface area (Å²) in [6.07, 6.45) is 27.3. The van der Waals surface area contributed by atoms with E-state index in [1.807, 2.05) is 24.3 Å². The van der Waals surface area contributed by atoms with Crippen LogP contribution in [0.15, 0.2) is 120 Å². The van der Waals surface area contributed by atoms with E-state index in [1.165, 1.54) is 28.5 Å². The first-order chi connectivity index (χ1) is 17.1. The highest BCUT2D eigenvalue weighted by molar-refractivity contribution is 5.85. The van der Waals surface area contributed by atoms with Gasteiger partial charge >= 0.3 is 0 Å². The number of aliphatic hydroxyl groups is 1. The van der Waals surface area contributed by atoms with E-state index in [0.717, 1.165) is 24.6 Å². The normalized spacial score (nSPS) is 32.8. The van der Waals surface area contributed by atoms with Gasteiger partial charge in [-0.25, -0.2) is 0 Å². The van der Waals surface area contributed by atoms with Gasteiger partial charge in [0.1, 0.15) is 11.5 Å². The zero-order valence-corrected chi connectivity index (χ0v) is 19.8. The van der Waals surface area contributed by atoms with Crippen molar-refractivity contribution in [2.45, 2.75) is 31.1 Å². The molecule has 0 radical (unpaired) electrons. The number of aliphatic hydroxyl groups excluding tert-OH is 1. The van der Waals surface area contributed by atoms with Gasteiger partial charge in [0, 0.05) is 23.2 Å². The second-order valence-electron chi connectivity index (χ2n) is 10.7. The van der Waals surface area contributed by atoms with E-state index in [9.17, 15) is 10.2 Å². The first-order valence-corrected chi connectivity index (χ1v) is 12.9. The molecule has 2 aromatic carbocycles. The van der Waals surface area contributed by atoms with Crippen molar-refractivity contribution in [3.63, 3.8) is 0 Å². The molecule has 2 heteroatoms. The standard InChI is InChI=1S/C33H30O2/c34-27-15-11-21-17-25(13-9-23(21)19-27)33(26-14-10-24-20-28(35)16-12-22(24)18-26)31-7-3-1-5-29(31)30-6-2-4-8-32(30)33/h1,4-5,8-21,23,29,31,34-35H,2-3,6-7H2. The Hall–Kier alpha value is -3.52. The van der Waals surface area contributed by atoms with Crippen LogP contribution in [-0.4, -0.2) is 10.2 Å². The van der Waals surface area contributed by atoms with Gasteiger partial charge in [-0.1, -0.05) is 72.4 Å². The highest BCUT2D eigenvalue weighted by Gasteiger charge is 2.55. The zero-order valence-electron chi connectivity index (χ0n) is 19.8. The van der Waals surface area contributed by atoms with Gasteiger partial charge in [-0.2, -0.15) is 0 Å². The highest BCUT2D eigenvalue weighted by atomic mass is 16.3. The molecule has 0 heterocycles. The number of phenolic OH excluding ortho intramolecular Hbond substituents is 1. The lowest BCUT2D eigenvalue weighted by molar-refractivity contribution is 0.314. The Bertz CT molecular complexity index is 1440. The lowest BCUT2D eigenvalue weighted by Crippen LogP contribution is -2.39. The molecule has 0 saturated heterocycles. The summed E-state index contributed by atoms with van der Waals surface area (Å²) in [6, 6.07) is 12.5. The summed E-state index contributed by atoms with van der Waals surface area (Å²) in [5.74, 6) is 2.10. The van der Waals surface area contributed by atoms with Crippen LogP contribution in [0.4, 0.5) is 0 Å². The van der Waals surface area contributed by atoms with Crippen LogP contribution in [0.1, 0.15) is 31.2 Å². The zero-order chi connectivity index (χ0) is 23.6. The minimum Gasteiger partial charge on any atom is -0.508 e. The van der Waals surface area contributed by atoms with E-state index in [0.29, 0.717) is 23.3 Å². The average Bonchev–Trinajstić information content (AvgIpc) is 3.19. The van der Waals surface area contributed by atoms with Crippen molar-refractivity contribution in [2.75, 3.05) is 0 Å². The molecule has 0 amide bonds. The molecule has 2 aromatic rings. The van der Waals surface area contributed by atoms with Gasteiger partial charge in [0.15, 0.2) is 0 Å². The predicted octanol–water partition coefficient (Wildman–Crippen LogP) is 7.77. The fourth-order valence-electron chi connectivity index (χ4n) is 7.47. The molecule has 5 aliphatic carbocycles. The largest absolute Gasteiger partial charge is 0.508 e. The molecular weight excluding hydrogens is 428 g/mol. The molecule has 0 fully saturated rings. The van der Waals surface area contributed by atoms with Crippen molar-refractivity contribution in [3.8, 4) is 5.75 Å². The summed E-state index contributed by atoms with van der Waals surface area (Å²) in [6.45, 7) is 0. The topological polar surface area (TPSA) is 40.5 Å². The van der Waals surface area contributed by atoms with E-state index in [-0.39, 0.29) is 17.3 Å². The Labute approximate surface area is 206 Å². The first kappa shape index (κ1) is 20.8. The van der Waals surface area contributed by atoms with E-state index >= 15 is 0 Å². The van der Waals surface area contributed by atoms with E-state index in [1.54, 1.807) is 11.6 Å². The molecule has 0 bridgehead atoms. The van der Waals surface area contributed by atoms with Crippen LogP contribution in [-0.2, 0) is 5.41 Å². The summed E-state index contributed by atoms with van der Waals surface area (Å²) in [4.78, 5) is 0. The number of fused-ring (bicyclic) bond motifs is 4. The molecule has 0 aromatic heterocycles. The maximum atomic E-state index is 10.1. The molecular formula is C33H30O2.